The molecule has 0 atom stereocenters. The van der Waals surface area contributed by atoms with Gasteiger partial charge in [0.2, 0.25) is 0 Å². The molecule has 2 saturated carbocycles. The Morgan fingerprint density at radius 1 is 0.857 bits per heavy atom. The second kappa shape index (κ2) is 3.23. The molecule has 82 valence electrons. The van der Waals surface area contributed by atoms with Gasteiger partial charge in [0.1, 0.15) is 0 Å². The molecule has 14 heavy (non-hydrogen) atoms. The molecule has 0 aromatic carbocycles. The van der Waals surface area contributed by atoms with Crippen molar-refractivity contribution in [2.45, 2.75) is 71.9 Å². The Bertz CT molecular complexity index is 197. The summed E-state index contributed by atoms with van der Waals surface area (Å²) in [6, 6.07) is 1.56. The first-order valence-corrected chi connectivity index (χ1v) is 6.22. The molecule has 0 unspecified atom stereocenters. The van der Waals surface area contributed by atoms with E-state index in [-0.39, 0.29) is 0 Å². The van der Waals surface area contributed by atoms with Gasteiger partial charge < -0.3 is 5.32 Å². The highest BCUT2D eigenvalue weighted by molar-refractivity contribution is 5.18. The van der Waals surface area contributed by atoms with E-state index in [0.29, 0.717) is 10.8 Å². The van der Waals surface area contributed by atoms with Gasteiger partial charge in [0.05, 0.1) is 0 Å². The number of nitrogens with one attached hydrogen (secondary N) is 1. The Kier molecular flexibility index (Phi) is 2.42. The van der Waals surface area contributed by atoms with Crippen LogP contribution in [0.1, 0.15) is 59.8 Å². The molecule has 2 aliphatic rings. The summed E-state index contributed by atoms with van der Waals surface area (Å²) in [4.78, 5) is 0. The first-order chi connectivity index (χ1) is 6.46. The average molecular weight is 195 g/mol. The van der Waals surface area contributed by atoms with Gasteiger partial charge in [-0.1, -0.05) is 47.0 Å². The number of hydrogen-bond donors (Lipinski definition) is 1. The van der Waals surface area contributed by atoms with Gasteiger partial charge in [0.15, 0.2) is 0 Å². The Morgan fingerprint density at radius 2 is 1.36 bits per heavy atom. The van der Waals surface area contributed by atoms with E-state index < -0.39 is 0 Å². The third kappa shape index (κ3) is 1.50. The zero-order valence-corrected chi connectivity index (χ0v) is 10.2. The van der Waals surface area contributed by atoms with E-state index in [9.17, 15) is 0 Å². The predicted octanol–water partition coefficient (Wildman–Crippen LogP) is 3.34. The fourth-order valence-corrected chi connectivity index (χ4v) is 3.12. The molecular weight excluding hydrogens is 170 g/mol. The van der Waals surface area contributed by atoms with Crippen molar-refractivity contribution in [3.8, 4) is 0 Å². The summed E-state index contributed by atoms with van der Waals surface area (Å²) in [7, 11) is 0. The number of rotatable bonds is 2. The second-order valence-electron chi connectivity index (χ2n) is 6.38. The van der Waals surface area contributed by atoms with E-state index in [1.54, 1.807) is 0 Å². The smallest absolute Gasteiger partial charge is 0.0183 e. The van der Waals surface area contributed by atoms with Gasteiger partial charge in [-0.25, -0.2) is 0 Å². The monoisotopic (exact) mass is 195 g/mol. The molecule has 1 N–H and O–H groups in total. The summed E-state index contributed by atoms with van der Waals surface area (Å²) in [6.45, 7) is 9.59. The largest absolute Gasteiger partial charge is 0.310 e. The zero-order valence-electron chi connectivity index (χ0n) is 10.2. The predicted molar refractivity (Wildman–Crippen MR) is 61.4 cm³/mol. The van der Waals surface area contributed by atoms with Gasteiger partial charge in [-0.2, -0.15) is 0 Å². The van der Waals surface area contributed by atoms with Crippen LogP contribution in [0, 0.1) is 10.8 Å². The van der Waals surface area contributed by atoms with E-state index in [4.69, 9.17) is 0 Å². The first kappa shape index (κ1) is 10.5. The van der Waals surface area contributed by atoms with Crippen LogP contribution in [0.4, 0.5) is 0 Å². The van der Waals surface area contributed by atoms with E-state index >= 15 is 0 Å². The van der Waals surface area contributed by atoms with Gasteiger partial charge in [-0.3, -0.25) is 0 Å². The van der Waals surface area contributed by atoms with Gasteiger partial charge >= 0.3 is 0 Å². The lowest BCUT2D eigenvalue weighted by molar-refractivity contribution is 0.352. The van der Waals surface area contributed by atoms with Crippen LogP contribution < -0.4 is 5.32 Å². The van der Waals surface area contributed by atoms with Crippen molar-refractivity contribution < 1.29 is 0 Å². The SMILES string of the molecule is CC1(C)C(NC2CCCCC2)C1(C)C. The molecule has 2 aliphatic carbocycles. The molecule has 1 nitrogen and oxygen atoms in total. The van der Waals surface area contributed by atoms with Gasteiger partial charge in [0, 0.05) is 12.1 Å². The van der Waals surface area contributed by atoms with Crippen LogP contribution in [0.5, 0.6) is 0 Å². The molecule has 0 radical (unpaired) electrons. The average Bonchev–Trinajstić information content (AvgIpc) is 2.50. The maximum Gasteiger partial charge on any atom is 0.0183 e. The van der Waals surface area contributed by atoms with E-state index in [1.807, 2.05) is 0 Å². The van der Waals surface area contributed by atoms with Crippen molar-refractivity contribution in [2.75, 3.05) is 0 Å². The minimum Gasteiger partial charge on any atom is -0.310 e. The second-order valence-corrected chi connectivity index (χ2v) is 6.38. The third-order valence-electron chi connectivity index (χ3n) is 5.03. The first-order valence-electron chi connectivity index (χ1n) is 6.22. The van der Waals surface area contributed by atoms with Crippen molar-refractivity contribution >= 4 is 0 Å². The lowest BCUT2D eigenvalue weighted by Gasteiger charge is -2.24. The zero-order chi connectivity index (χ0) is 10.4. The van der Waals surface area contributed by atoms with Crippen molar-refractivity contribution in [1.82, 2.24) is 5.32 Å². The van der Waals surface area contributed by atoms with Crippen molar-refractivity contribution in [3.63, 3.8) is 0 Å². The minimum absolute atomic E-state index is 0.504. The molecule has 0 aromatic rings. The van der Waals surface area contributed by atoms with Crippen LogP contribution in [0.25, 0.3) is 0 Å². The molecule has 0 spiro atoms. The Balaban J connectivity index is 1.87. The van der Waals surface area contributed by atoms with E-state index in [2.05, 4.69) is 33.0 Å². The van der Waals surface area contributed by atoms with Crippen LogP contribution in [0.3, 0.4) is 0 Å². The van der Waals surface area contributed by atoms with Crippen molar-refractivity contribution in [3.05, 3.63) is 0 Å². The van der Waals surface area contributed by atoms with Crippen molar-refractivity contribution in [2.24, 2.45) is 10.8 Å². The lowest BCUT2D eigenvalue weighted by atomic mass is 9.95. The third-order valence-corrected chi connectivity index (χ3v) is 5.03. The topological polar surface area (TPSA) is 12.0 Å². The molecule has 2 fully saturated rings. The summed E-state index contributed by atoms with van der Waals surface area (Å²) >= 11 is 0. The molecule has 0 aliphatic heterocycles. The molecule has 0 heterocycles. The Labute approximate surface area is 88.7 Å². The summed E-state index contributed by atoms with van der Waals surface area (Å²) in [5.74, 6) is 0. The van der Waals surface area contributed by atoms with Gasteiger partial charge in [-0.15, -0.1) is 0 Å². The van der Waals surface area contributed by atoms with Crippen LogP contribution in [-0.4, -0.2) is 12.1 Å². The highest BCUT2D eigenvalue weighted by Crippen LogP contribution is 2.62. The summed E-state index contributed by atoms with van der Waals surface area (Å²) < 4.78 is 0. The van der Waals surface area contributed by atoms with Gasteiger partial charge in [0.25, 0.3) is 0 Å². The Morgan fingerprint density at radius 3 is 1.79 bits per heavy atom. The van der Waals surface area contributed by atoms with Gasteiger partial charge in [-0.05, 0) is 23.7 Å². The van der Waals surface area contributed by atoms with E-state index in [1.165, 1.54) is 32.1 Å². The summed E-state index contributed by atoms with van der Waals surface area (Å²) in [6.07, 6.45) is 7.14. The molecule has 0 saturated heterocycles. The van der Waals surface area contributed by atoms with Crippen LogP contribution in [0.2, 0.25) is 0 Å². The quantitative estimate of drug-likeness (QED) is 0.712. The fourth-order valence-electron chi connectivity index (χ4n) is 3.12. The van der Waals surface area contributed by atoms with E-state index in [0.717, 1.165) is 12.1 Å². The summed E-state index contributed by atoms with van der Waals surface area (Å²) in [5.41, 5.74) is 1.01. The standard InChI is InChI=1S/C13H25N/c1-12(2)11(13(12,3)4)14-10-8-6-5-7-9-10/h10-11,14H,5-9H2,1-4H3. The maximum absolute atomic E-state index is 3.87. The van der Waals surface area contributed by atoms with Crippen molar-refractivity contribution in [1.29, 1.82) is 0 Å². The maximum atomic E-state index is 3.87. The molecular formula is C13H25N. The Hall–Kier alpha value is -0.0400. The fraction of sp³-hybridized carbons (Fsp3) is 1.00. The normalized spacial score (nSPS) is 31.7. The van der Waals surface area contributed by atoms with Crippen LogP contribution in [0.15, 0.2) is 0 Å². The molecule has 2 rings (SSSR count). The highest BCUT2D eigenvalue weighted by atomic mass is 15.1. The summed E-state index contributed by atoms with van der Waals surface area (Å²) in [5, 5.41) is 3.87. The minimum atomic E-state index is 0.504. The number of hydrogen-bond acceptors (Lipinski definition) is 1. The molecule has 1 heteroatoms. The van der Waals surface area contributed by atoms with Crippen LogP contribution in [-0.2, 0) is 0 Å². The highest BCUT2D eigenvalue weighted by Gasteiger charge is 2.64. The van der Waals surface area contributed by atoms with Crippen LogP contribution >= 0.6 is 0 Å². The lowest BCUT2D eigenvalue weighted by Crippen LogP contribution is -2.35. The molecule has 0 amide bonds. The molecule has 0 aromatic heterocycles. The molecule has 0 bridgehead atoms.